The second-order valence-corrected chi connectivity index (χ2v) is 10.3. The van der Waals surface area contributed by atoms with E-state index in [1.165, 1.54) is 24.3 Å². The van der Waals surface area contributed by atoms with Gasteiger partial charge in [0.05, 0.1) is 11.1 Å². The molecule has 226 valence electrons. The van der Waals surface area contributed by atoms with Gasteiger partial charge >= 0.3 is 24.3 Å². The highest BCUT2D eigenvalue weighted by molar-refractivity contribution is 5.98. The van der Waals surface area contributed by atoms with Crippen molar-refractivity contribution in [1.82, 2.24) is 0 Å². The Kier molecular flexibility index (Phi) is 8.11. The van der Waals surface area contributed by atoms with Crippen molar-refractivity contribution in [2.75, 3.05) is 0 Å². The van der Waals surface area contributed by atoms with Gasteiger partial charge in [0.1, 0.15) is 0 Å². The smallest absolute Gasteiger partial charge is 0.425 e. The Morgan fingerprint density at radius 1 is 0.477 bits per heavy atom. The highest BCUT2D eigenvalue weighted by Crippen LogP contribution is 2.31. The van der Waals surface area contributed by atoms with Gasteiger partial charge in [-0.1, -0.05) is 60.7 Å². The maximum Gasteiger partial charge on any atom is 0.425 e. The van der Waals surface area contributed by atoms with E-state index in [-0.39, 0.29) is 11.1 Å². The van der Waals surface area contributed by atoms with Crippen LogP contribution in [0, 0.1) is 0 Å². The molecule has 5 rings (SSSR count). The van der Waals surface area contributed by atoms with Crippen molar-refractivity contribution in [3.63, 3.8) is 0 Å². The lowest BCUT2D eigenvalue weighted by Crippen LogP contribution is -2.30. The van der Waals surface area contributed by atoms with E-state index in [0.717, 1.165) is 46.9 Å². The number of hydrogen-bond donors (Lipinski definition) is 0. The molecule has 10 heteroatoms. The van der Waals surface area contributed by atoms with Crippen LogP contribution in [-0.4, -0.2) is 36.5 Å². The van der Waals surface area contributed by atoms with E-state index in [4.69, 9.17) is 0 Å². The molecule has 2 atom stereocenters. The van der Waals surface area contributed by atoms with Gasteiger partial charge in [0.15, 0.2) is 12.2 Å². The molecule has 0 amide bonds. The SMILES string of the molecule is C[C@H](OC(=O)c1ccc2cc(-c3ccc(-c4ccc5cc(C(=O)O[C@@H](C)C(F)(F)F)ccc5c4)cc3)ccc2c1)C(F)(F)F. The van der Waals surface area contributed by atoms with Crippen molar-refractivity contribution in [1.29, 1.82) is 0 Å². The molecule has 0 aliphatic rings. The number of halogens is 6. The fraction of sp³-hybridized carbons (Fsp3) is 0.176. The lowest BCUT2D eigenvalue weighted by atomic mass is 9.96. The number of benzene rings is 5. The molecule has 0 saturated heterocycles. The maximum atomic E-state index is 12.7. The van der Waals surface area contributed by atoms with Gasteiger partial charge in [-0.3, -0.25) is 0 Å². The molecule has 5 aromatic carbocycles. The molecule has 0 saturated carbocycles. The highest BCUT2D eigenvalue weighted by Gasteiger charge is 2.40. The summed E-state index contributed by atoms with van der Waals surface area (Å²) in [7, 11) is 0. The van der Waals surface area contributed by atoms with E-state index < -0.39 is 36.5 Å². The summed E-state index contributed by atoms with van der Waals surface area (Å²) in [6, 6.07) is 27.9. The molecule has 5 aromatic rings. The summed E-state index contributed by atoms with van der Waals surface area (Å²) in [6.07, 6.45) is -13.7. The zero-order chi connectivity index (χ0) is 31.8. The average molecular weight is 611 g/mol. The predicted octanol–water partition coefficient (Wildman–Crippen LogP) is 9.54. The van der Waals surface area contributed by atoms with E-state index in [9.17, 15) is 35.9 Å². The normalized spacial score (nSPS) is 13.5. The number of esters is 2. The third-order valence-corrected chi connectivity index (χ3v) is 7.19. The zero-order valence-electron chi connectivity index (χ0n) is 23.3. The van der Waals surface area contributed by atoms with Gasteiger partial charge in [0, 0.05) is 0 Å². The van der Waals surface area contributed by atoms with Gasteiger partial charge in [0.25, 0.3) is 0 Å². The number of carbonyl (C=O) groups excluding carboxylic acids is 2. The quantitative estimate of drug-likeness (QED) is 0.142. The molecule has 0 unspecified atom stereocenters. The average Bonchev–Trinajstić information content (AvgIpc) is 2.99. The lowest BCUT2D eigenvalue weighted by Gasteiger charge is -2.16. The maximum absolute atomic E-state index is 12.7. The fourth-order valence-electron chi connectivity index (χ4n) is 4.55. The third kappa shape index (κ3) is 6.69. The summed E-state index contributed by atoms with van der Waals surface area (Å²) in [4.78, 5) is 24.4. The number of ether oxygens (including phenoxy) is 2. The Bertz CT molecular complexity index is 1720. The minimum atomic E-state index is -4.64. The summed E-state index contributed by atoms with van der Waals surface area (Å²) in [6.45, 7) is 1.56. The van der Waals surface area contributed by atoms with Crippen LogP contribution in [0.1, 0.15) is 34.6 Å². The van der Waals surface area contributed by atoms with Crippen molar-refractivity contribution in [2.24, 2.45) is 0 Å². The molecule has 0 aliphatic heterocycles. The van der Waals surface area contributed by atoms with Crippen LogP contribution < -0.4 is 0 Å². The van der Waals surface area contributed by atoms with Gasteiger partial charge < -0.3 is 9.47 Å². The topological polar surface area (TPSA) is 52.6 Å². The Balaban J connectivity index is 1.31. The number of hydrogen-bond acceptors (Lipinski definition) is 4. The highest BCUT2D eigenvalue weighted by atomic mass is 19.4. The van der Waals surface area contributed by atoms with E-state index >= 15 is 0 Å². The van der Waals surface area contributed by atoms with Gasteiger partial charge in [-0.2, -0.15) is 26.3 Å². The van der Waals surface area contributed by atoms with Crippen LogP contribution in [0.4, 0.5) is 26.3 Å². The Labute approximate surface area is 247 Å². The van der Waals surface area contributed by atoms with Crippen molar-refractivity contribution in [3.05, 3.63) is 108 Å². The Morgan fingerprint density at radius 3 is 1.11 bits per heavy atom. The van der Waals surface area contributed by atoms with E-state index in [0.29, 0.717) is 10.8 Å². The number of alkyl halides is 6. The summed E-state index contributed by atoms with van der Waals surface area (Å²) in [5.74, 6) is -2.10. The molecule has 0 radical (unpaired) electrons. The molecule has 0 aromatic heterocycles. The monoisotopic (exact) mass is 610 g/mol. The summed E-state index contributed by atoms with van der Waals surface area (Å²) >= 11 is 0. The molecular weight excluding hydrogens is 586 g/mol. The first-order valence-electron chi connectivity index (χ1n) is 13.4. The van der Waals surface area contributed by atoms with Crippen LogP contribution in [0.3, 0.4) is 0 Å². The minimum absolute atomic E-state index is 0.0216. The molecular formula is C34H24F6O4. The number of rotatable bonds is 6. The van der Waals surface area contributed by atoms with Gasteiger partial charge in [-0.05, 0) is 94.0 Å². The first-order chi connectivity index (χ1) is 20.7. The van der Waals surface area contributed by atoms with Gasteiger partial charge in [-0.15, -0.1) is 0 Å². The predicted molar refractivity (Wildman–Crippen MR) is 154 cm³/mol. The molecule has 0 N–H and O–H groups in total. The standard InChI is InChI=1S/C34H24F6O4/c1-19(33(35,36)37)43-31(41)29-13-11-25-15-23(7-9-27(25)17-29)21-3-5-22(6-4-21)24-8-10-28-18-30(14-12-26(28)16-24)32(42)44-20(2)34(38,39)40/h3-20H,1-2H3/t19-,20-/m0/s1. The Hall–Kier alpha value is -4.86. The van der Waals surface area contributed by atoms with Crippen molar-refractivity contribution >= 4 is 33.5 Å². The number of carbonyl (C=O) groups is 2. The van der Waals surface area contributed by atoms with E-state index in [1.54, 1.807) is 24.3 Å². The molecule has 0 heterocycles. The largest absolute Gasteiger partial charge is 0.449 e. The molecule has 0 fully saturated rings. The second-order valence-electron chi connectivity index (χ2n) is 10.3. The first kappa shape index (κ1) is 30.6. The van der Waals surface area contributed by atoms with Crippen molar-refractivity contribution < 1.29 is 45.4 Å². The zero-order valence-corrected chi connectivity index (χ0v) is 23.3. The Morgan fingerprint density at radius 2 is 0.773 bits per heavy atom. The third-order valence-electron chi connectivity index (χ3n) is 7.19. The van der Waals surface area contributed by atoms with Crippen LogP contribution >= 0.6 is 0 Å². The van der Waals surface area contributed by atoms with Gasteiger partial charge in [0.2, 0.25) is 0 Å². The van der Waals surface area contributed by atoms with Crippen LogP contribution in [-0.2, 0) is 9.47 Å². The first-order valence-corrected chi connectivity index (χ1v) is 13.4. The van der Waals surface area contributed by atoms with Crippen molar-refractivity contribution in [3.8, 4) is 22.3 Å². The summed E-state index contributed by atoms with van der Waals surface area (Å²) in [5.41, 5.74) is 3.65. The van der Waals surface area contributed by atoms with Crippen LogP contribution in [0.15, 0.2) is 97.1 Å². The fourth-order valence-corrected chi connectivity index (χ4v) is 4.55. The van der Waals surface area contributed by atoms with Gasteiger partial charge in [-0.25, -0.2) is 9.59 Å². The summed E-state index contributed by atoms with van der Waals surface area (Å²) < 4.78 is 85.5. The lowest BCUT2D eigenvalue weighted by molar-refractivity contribution is -0.198. The molecule has 0 spiro atoms. The van der Waals surface area contributed by atoms with Crippen LogP contribution in [0.25, 0.3) is 43.8 Å². The van der Waals surface area contributed by atoms with E-state index in [1.807, 2.05) is 48.5 Å². The molecule has 0 bridgehead atoms. The van der Waals surface area contributed by atoms with Crippen LogP contribution in [0.2, 0.25) is 0 Å². The molecule has 44 heavy (non-hydrogen) atoms. The molecule has 0 aliphatic carbocycles. The molecule has 4 nitrogen and oxygen atoms in total. The second kappa shape index (κ2) is 11.7. The van der Waals surface area contributed by atoms with Crippen LogP contribution in [0.5, 0.6) is 0 Å². The van der Waals surface area contributed by atoms with Crippen molar-refractivity contribution in [2.45, 2.75) is 38.4 Å². The number of fused-ring (bicyclic) bond motifs is 2. The minimum Gasteiger partial charge on any atom is -0.449 e. The van der Waals surface area contributed by atoms with E-state index in [2.05, 4.69) is 9.47 Å². The summed E-state index contributed by atoms with van der Waals surface area (Å²) in [5, 5.41) is 2.92.